The van der Waals surface area contributed by atoms with Crippen LogP contribution in [0, 0.1) is 0 Å². The van der Waals surface area contributed by atoms with Crippen LogP contribution in [0.5, 0.6) is 0 Å². The van der Waals surface area contributed by atoms with Crippen LogP contribution in [0.1, 0.15) is 30.4 Å². The topological polar surface area (TPSA) is 25.2 Å². The number of halogens is 1. The van der Waals surface area contributed by atoms with Gasteiger partial charge in [-0.1, -0.05) is 30.7 Å². The summed E-state index contributed by atoms with van der Waals surface area (Å²) in [6, 6.07) is 12.1. The molecule has 1 aromatic carbocycles. The highest BCUT2D eigenvalue weighted by atomic mass is 35.5. The van der Waals surface area contributed by atoms with Gasteiger partial charge >= 0.3 is 0 Å². The summed E-state index contributed by atoms with van der Waals surface area (Å²) in [4.78, 5) is 0. The average molecular weight is 310 g/mol. The molecule has 4 heteroatoms. The van der Waals surface area contributed by atoms with E-state index in [4.69, 9.17) is 16.0 Å². The fourth-order valence-electron chi connectivity index (χ4n) is 1.83. The second-order valence-electron chi connectivity index (χ2n) is 4.66. The molecule has 1 N–H and O–H groups in total. The van der Waals surface area contributed by atoms with E-state index in [1.54, 1.807) is 0 Å². The van der Waals surface area contributed by atoms with Gasteiger partial charge in [-0.15, -0.1) is 11.8 Å². The van der Waals surface area contributed by atoms with Gasteiger partial charge in [0.1, 0.15) is 11.5 Å². The first-order chi connectivity index (χ1) is 9.78. The van der Waals surface area contributed by atoms with Gasteiger partial charge in [0.15, 0.2) is 0 Å². The Labute approximate surface area is 129 Å². The molecule has 0 radical (unpaired) electrons. The molecule has 0 aliphatic rings. The molecule has 0 aliphatic heterocycles. The fourth-order valence-corrected chi connectivity index (χ4v) is 2.85. The largest absolute Gasteiger partial charge is 0.464 e. The van der Waals surface area contributed by atoms with Crippen LogP contribution in [0.2, 0.25) is 5.02 Å². The maximum absolute atomic E-state index is 5.87. The van der Waals surface area contributed by atoms with Crippen molar-refractivity contribution in [2.24, 2.45) is 0 Å². The lowest BCUT2D eigenvalue weighted by molar-refractivity contribution is 0.459. The van der Waals surface area contributed by atoms with Gasteiger partial charge in [0.2, 0.25) is 0 Å². The van der Waals surface area contributed by atoms with E-state index in [9.17, 15) is 0 Å². The Kier molecular flexibility index (Phi) is 6.51. The summed E-state index contributed by atoms with van der Waals surface area (Å²) >= 11 is 7.72. The van der Waals surface area contributed by atoms with Crippen LogP contribution >= 0.6 is 23.4 Å². The van der Waals surface area contributed by atoms with E-state index in [1.807, 2.05) is 23.9 Å². The van der Waals surface area contributed by atoms with E-state index < -0.39 is 0 Å². The van der Waals surface area contributed by atoms with Gasteiger partial charge in [-0.3, -0.25) is 0 Å². The molecule has 0 fully saturated rings. The Morgan fingerprint density at radius 3 is 2.55 bits per heavy atom. The molecule has 0 aliphatic carbocycles. The van der Waals surface area contributed by atoms with Crippen LogP contribution in [-0.4, -0.2) is 6.54 Å². The molecule has 0 saturated carbocycles. The van der Waals surface area contributed by atoms with Gasteiger partial charge in [-0.05, 0) is 42.8 Å². The number of thioether (sulfide) groups is 1. The highest BCUT2D eigenvalue weighted by Gasteiger charge is 2.02. The zero-order valence-electron chi connectivity index (χ0n) is 11.7. The lowest BCUT2D eigenvalue weighted by Gasteiger charge is -2.01. The third-order valence-electron chi connectivity index (χ3n) is 2.87. The Bertz CT molecular complexity index is 509. The fraction of sp³-hybridized carbons (Fsp3) is 0.375. The SMILES string of the molecule is CCCNCc1ccc(CSCc2ccc(Cl)cc2)o1. The Hall–Kier alpha value is -0.900. The van der Waals surface area contributed by atoms with Gasteiger partial charge in [0, 0.05) is 10.8 Å². The first-order valence-corrected chi connectivity index (χ1v) is 8.41. The molecule has 0 saturated heterocycles. The maximum Gasteiger partial charge on any atom is 0.117 e. The molecule has 1 aromatic heterocycles. The van der Waals surface area contributed by atoms with E-state index in [1.165, 1.54) is 5.56 Å². The number of hydrogen-bond acceptors (Lipinski definition) is 3. The van der Waals surface area contributed by atoms with E-state index in [0.717, 1.165) is 47.6 Å². The molecular formula is C16H20ClNOS. The number of nitrogens with one attached hydrogen (secondary N) is 1. The predicted molar refractivity (Wildman–Crippen MR) is 87.2 cm³/mol. The van der Waals surface area contributed by atoms with Crippen LogP contribution in [0.4, 0.5) is 0 Å². The number of hydrogen-bond donors (Lipinski definition) is 1. The monoisotopic (exact) mass is 309 g/mol. The lowest BCUT2D eigenvalue weighted by atomic mass is 10.2. The van der Waals surface area contributed by atoms with Crippen LogP contribution in [0.25, 0.3) is 0 Å². The van der Waals surface area contributed by atoms with E-state index >= 15 is 0 Å². The van der Waals surface area contributed by atoms with Gasteiger partial charge in [-0.25, -0.2) is 0 Å². The second-order valence-corrected chi connectivity index (χ2v) is 6.09. The molecule has 1 heterocycles. The summed E-state index contributed by atoms with van der Waals surface area (Å²) in [6.07, 6.45) is 1.14. The van der Waals surface area contributed by atoms with Crippen molar-refractivity contribution in [3.05, 3.63) is 58.5 Å². The molecule has 20 heavy (non-hydrogen) atoms. The highest BCUT2D eigenvalue weighted by Crippen LogP contribution is 2.20. The molecule has 0 unspecified atom stereocenters. The summed E-state index contributed by atoms with van der Waals surface area (Å²) in [6.45, 7) is 4.00. The van der Waals surface area contributed by atoms with E-state index in [0.29, 0.717) is 0 Å². The van der Waals surface area contributed by atoms with Crippen molar-refractivity contribution in [1.29, 1.82) is 0 Å². The molecule has 0 spiro atoms. The Morgan fingerprint density at radius 1 is 1.05 bits per heavy atom. The van der Waals surface area contributed by atoms with E-state index in [-0.39, 0.29) is 0 Å². The number of rotatable bonds is 8. The van der Waals surface area contributed by atoms with Gasteiger partial charge in [0.25, 0.3) is 0 Å². The van der Waals surface area contributed by atoms with Crippen LogP contribution < -0.4 is 5.32 Å². The summed E-state index contributed by atoms with van der Waals surface area (Å²) in [5.74, 6) is 3.93. The minimum atomic E-state index is 0.786. The molecule has 2 rings (SSSR count). The number of furan rings is 1. The first kappa shape index (κ1) is 15.5. The molecule has 2 aromatic rings. The minimum absolute atomic E-state index is 0.786. The van der Waals surface area contributed by atoms with Crippen molar-refractivity contribution in [2.75, 3.05) is 6.54 Å². The minimum Gasteiger partial charge on any atom is -0.464 e. The zero-order valence-corrected chi connectivity index (χ0v) is 13.3. The van der Waals surface area contributed by atoms with Crippen LogP contribution in [0.15, 0.2) is 40.8 Å². The van der Waals surface area contributed by atoms with Crippen molar-refractivity contribution in [1.82, 2.24) is 5.32 Å². The second kappa shape index (κ2) is 8.40. The summed E-state index contributed by atoms with van der Waals surface area (Å²) in [7, 11) is 0. The predicted octanol–water partition coefficient (Wildman–Crippen LogP) is 4.87. The Balaban J connectivity index is 1.72. The zero-order chi connectivity index (χ0) is 14.2. The summed E-state index contributed by atoms with van der Waals surface area (Å²) in [5.41, 5.74) is 1.29. The van der Waals surface area contributed by atoms with Crippen molar-refractivity contribution in [3.63, 3.8) is 0 Å². The number of benzene rings is 1. The van der Waals surface area contributed by atoms with Crippen molar-refractivity contribution in [3.8, 4) is 0 Å². The lowest BCUT2D eigenvalue weighted by Crippen LogP contribution is -2.12. The van der Waals surface area contributed by atoms with Gasteiger partial charge in [-0.2, -0.15) is 0 Å². The standard InChI is InChI=1S/C16H20ClNOS/c1-2-9-18-10-15-7-8-16(19-15)12-20-11-13-3-5-14(17)6-4-13/h3-8,18H,2,9-12H2,1H3. The van der Waals surface area contributed by atoms with Crippen LogP contribution in [-0.2, 0) is 18.1 Å². The van der Waals surface area contributed by atoms with Crippen molar-refractivity contribution >= 4 is 23.4 Å². The Morgan fingerprint density at radius 2 is 1.80 bits per heavy atom. The van der Waals surface area contributed by atoms with Gasteiger partial charge < -0.3 is 9.73 Å². The molecule has 2 nitrogen and oxygen atoms in total. The van der Waals surface area contributed by atoms with E-state index in [2.05, 4.69) is 36.5 Å². The summed E-state index contributed by atoms with van der Waals surface area (Å²) < 4.78 is 5.78. The first-order valence-electron chi connectivity index (χ1n) is 6.88. The molecule has 0 amide bonds. The third-order valence-corrected chi connectivity index (χ3v) is 4.15. The molecule has 0 bridgehead atoms. The van der Waals surface area contributed by atoms with Gasteiger partial charge in [0.05, 0.1) is 12.3 Å². The molecular weight excluding hydrogens is 290 g/mol. The quantitative estimate of drug-likeness (QED) is 0.705. The smallest absolute Gasteiger partial charge is 0.117 e. The molecule has 0 atom stereocenters. The summed E-state index contributed by atoms with van der Waals surface area (Å²) in [5, 5.41) is 4.12. The maximum atomic E-state index is 5.87. The van der Waals surface area contributed by atoms with Crippen molar-refractivity contribution < 1.29 is 4.42 Å². The van der Waals surface area contributed by atoms with Crippen LogP contribution in [0.3, 0.4) is 0 Å². The van der Waals surface area contributed by atoms with Crippen molar-refractivity contribution in [2.45, 2.75) is 31.4 Å². The highest BCUT2D eigenvalue weighted by molar-refractivity contribution is 7.97. The average Bonchev–Trinajstić information content (AvgIpc) is 2.89. The third kappa shape index (κ3) is 5.23. The molecule has 108 valence electrons. The normalized spacial score (nSPS) is 10.9.